The lowest BCUT2D eigenvalue weighted by atomic mass is 10.1. The van der Waals surface area contributed by atoms with Crippen LogP contribution < -0.4 is 5.32 Å². The summed E-state index contributed by atoms with van der Waals surface area (Å²) in [6.45, 7) is 5.50. The minimum atomic E-state index is -0.147. The second-order valence-electron chi connectivity index (χ2n) is 7.95. The molecule has 0 aliphatic carbocycles. The van der Waals surface area contributed by atoms with Gasteiger partial charge in [-0.25, -0.2) is 0 Å². The van der Waals surface area contributed by atoms with Gasteiger partial charge in [0.15, 0.2) is 0 Å². The maximum Gasteiger partial charge on any atom is 0.251 e. The van der Waals surface area contributed by atoms with Crippen molar-refractivity contribution in [3.8, 4) is 11.4 Å². The summed E-state index contributed by atoms with van der Waals surface area (Å²) in [6, 6.07) is 15.8. The molecule has 6 nitrogen and oxygen atoms in total. The van der Waals surface area contributed by atoms with Gasteiger partial charge in [0.1, 0.15) is 0 Å². The quantitative estimate of drug-likeness (QED) is 0.661. The molecule has 4 rings (SSSR count). The normalized spacial score (nSPS) is 15.0. The molecule has 1 amide bonds. The number of carbonyl (C=O) groups excluding carboxylic acids is 1. The summed E-state index contributed by atoms with van der Waals surface area (Å²) in [7, 11) is 0. The summed E-state index contributed by atoms with van der Waals surface area (Å²) in [5.41, 5.74) is 3.91. The van der Waals surface area contributed by atoms with Crippen LogP contribution in [0.1, 0.15) is 53.1 Å². The number of hydrogen-bond acceptors (Lipinski definition) is 5. The summed E-state index contributed by atoms with van der Waals surface area (Å²) in [5.74, 6) is 0.769. The monoisotopic (exact) mass is 404 g/mol. The number of hydrogen-bond donors (Lipinski definition) is 1. The van der Waals surface area contributed by atoms with Crippen molar-refractivity contribution in [3.05, 3.63) is 71.1 Å². The van der Waals surface area contributed by atoms with Crippen LogP contribution in [0.15, 0.2) is 53.1 Å². The fraction of sp³-hybridized carbons (Fsp3) is 0.375. The van der Waals surface area contributed by atoms with Crippen LogP contribution >= 0.6 is 0 Å². The molecule has 0 bridgehead atoms. The van der Waals surface area contributed by atoms with Crippen LogP contribution in [0.25, 0.3) is 11.4 Å². The molecular formula is C24H28N4O2. The molecule has 6 heteroatoms. The van der Waals surface area contributed by atoms with Crippen molar-refractivity contribution in [3.63, 3.8) is 0 Å². The Morgan fingerprint density at radius 3 is 2.57 bits per heavy atom. The Morgan fingerprint density at radius 2 is 1.83 bits per heavy atom. The molecule has 0 spiro atoms. The molecule has 156 valence electrons. The molecule has 1 aromatic heterocycles. The number of amides is 1. The third-order valence-corrected chi connectivity index (χ3v) is 5.47. The Hall–Kier alpha value is -2.99. The lowest BCUT2D eigenvalue weighted by Crippen LogP contribution is -2.24. The van der Waals surface area contributed by atoms with Gasteiger partial charge in [0.05, 0.1) is 6.54 Å². The molecule has 1 aliphatic rings. The predicted molar refractivity (Wildman–Crippen MR) is 116 cm³/mol. The highest BCUT2D eigenvalue weighted by Crippen LogP contribution is 2.17. The summed E-state index contributed by atoms with van der Waals surface area (Å²) in [4.78, 5) is 19.4. The molecule has 1 saturated heterocycles. The van der Waals surface area contributed by atoms with E-state index in [1.54, 1.807) is 0 Å². The molecule has 1 N–H and O–H groups in total. The van der Waals surface area contributed by atoms with Gasteiger partial charge in [-0.3, -0.25) is 9.69 Å². The van der Waals surface area contributed by atoms with Crippen molar-refractivity contribution in [1.82, 2.24) is 20.4 Å². The predicted octanol–water partition coefficient (Wildman–Crippen LogP) is 4.35. The first-order valence-electron chi connectivity index (χ1n) is 10.7. The van der Waals surface area contributed by atoms with E-state index in [1.807, 2.05) is 55.5 Å². The van der Waals surface area contributed by atoms with Gasteiger partial charge in [-0.2, -0.15) is 4.98 Å². The van der Waals surface area contributed by atoms with Crippen molar-refractivity contribution in [1.29, 1.82) is 0 Å². The van der Waals surface area contributed by atoms with Crippen LogP contribution in [0.2, 0.25) is 0 Å². The molecule has 2 heterocycles. The van der Waals surface area contributed by atoms with E-state index in [9.17, 15) is 4.79 Å². The van der Waals surface area contributed by atoms with Crippen LogP contribution in [-0.2, 0) is 13.1 Å². The third-order valence-electron chi connectivity index (χ3n) is 5.47. The first-order chi connectivity index (χ1) is 14.7. The molecule has 30 heavy (non-hydrogen) atoms. The zero-order valence-corrected chi connectivity index (χ0v) is 17.4. The SMILES string of the molecule is Cc1cccc(-c2noc(CNC(=O)c3ccc(CN4CCCCCC4)cc3)n2)c1. The Labute approximate surface area is 177 Å². The van der Waals surface area contributed by atoms with Gasteiger partial charge in [-0.15, -0.1) is 0 Å². The lowest BCUT2D eigenvalue weighted by molar-refractivity contribution is 0.0946. The van der Waals surface area contributed by atoms with Crippen molar-refractivity contribution in [2.75, 3.05) is 13.1 Å². The topological polar surface area (TPSA) is 71.3 Å². The fourth-order valence-corrected chi connectivity index (χ4v) is 3.80. The van der Waals surface area contributed by atoms with Crippen LogP contribution in [0, 0.1) is 6.92 Å². The van der Waals surface area contributed by atoms with Crippen LogP contribution in [0.5, 0.6) is 0 Å². The smallest absolute Gasteiger partial charge is 0.251 e. The maximum atomic E-state index is 12.5. The number of nitrogens with one attached hydrogen (secondary N) is 1. The van der Waals surface area contributed by atoms with Gasteiger partial charge in [0.25, 0.3) is 5.91 Å². The second kappa shape index (κ2) is 9.67. The molecule has 0 atom stereocenters. The van der Waals surface area contributed by atoms with Crippen molar-refractivity contribution < 1.29 is 9.32 Å². The summed E-state index contributed by atoms with van der Waals surface area (Å²) < 4.78 is 5.28. The first-order valence-corrected chi connectivity index (χ1v) is 10.7. The Balaban J connectivity index is 1.31. The largest absolute Gasteiger partial charge is 0.343 e. The number of rotatable bonds is 6. The second-order valence-corrected chi connectivity index (χ2v) is 7.95. The standard InChI is InChI=1S/C24H28N4O2/c1-18-7-6-8-21(15-18)23-26-22(30-27-23)16-25-24(29)20-11-9-19(10-12-20)17-28-13-4-2-3-5-14-28/h6-12,15H,2-5,13-14,16-17H2,1H3,(H,25,29). The molecule has 0 radical (unpaired) electrons. The molecule has 0 saturated carbocycles. The number of aromatic nitrogens is 2. The number of aryl methyl sites for hydroxylation is 1. The van der Waals surface area contributed by atoms with Gasteiger partial charge in [-0.05, 0) is 56.6 Å². The molecule has 1 aliphatic heterocycles. The molecule has 2 aromatic carbocycles. The van der Waals surface area contributed by atoms with E-state index >= 15 is 0 Å². The van der Waals surface area contributed by atoms with Crippen molar-refractivity contribution in [2.45, 2.75) is 45.7 Å². The first kappa shape index (κ1) is 20.3. The van der Waals surface area contributed by atoms with E-state index in [2.05, 4.69) is 20.4 Å². The Kier molecular flexibility index (Phi) is 6.54. The van der Waals surface area contributed by atoms with E-state index in [-0.39, 0.29) is 12.5 Å². The van der Waals surface area contributed by atoms with Gasteiger partial charge in [-0.1, -0.05) is 53.9 Å². The Morgan fingerprint density at radius 1 is 1.07 bits per heavy atom. The fourth-order valence-electron chi connectivity index (χ4n) is 3.80. The van der Waals surface area contributed by atoms with Crippen LogP contribution in [0.3, 0.4) is 0 Å². The average Bonchev–Trinajstić information content (AvgIpc) is 3.09. The van der Waals surface area contributed by atoms with Crippen molar-refractivity contribution in [2.24, 2.45) is 0 Å². The highest BCUT2D eigenvalue weighted by Gasteiger charge is 2.12. The minimum absolute atomic E-state index is 0.147. The molecule has 3 aromatic rings. The average molecular weight is 405 g/mol. The summed E-state index contributed by atoms with van der Waals surface area (Å²) in [5, 5.41) is 6.86. The van der Waals surface area contributed by atoms with Gasteiger partial charge >= 0.3 is 0 Å². The van der Waals surface area contributed by atoms with E-state index in [0.717, 1.165) is 30.8 Å². The van der Waals surface area contributed by atoms with Gasteiger partial charge in [0, 0.05) is 17.7 Å². The number of likely N-dealkylation sites (tertiary alicyclic amines) is 1. The molecule has 0 unspecified atom stereocenters. The summed E-state index contributed by atoms with van der Waals surface area (Å²) >= 11 is 0. The van der Waals surface area contributed by atoms with Crippen LogP contribution in [0.4, 0.5) is 0 Å². The van der Waals surface area contributed by atoms with E-state index in [0.29, 0.717) is 17.3 Å². The maximum absolute atomic E-state index is 12.5. The number of benzene rings is 2. The highest BCUT2D eigenvalue weighted by atomic mass is 16.5. The van der Waals surface area contributed by atoms with Gasteiger partial charge < -0.3 is 9.84 Å². The zero-order chi connectivity index (χ0) is 20.8. The molecular weight excluding hydrogens is 376 g/mol. The summed E-state index contributed by atoms with van der Waals surface area (Å²) in [6.07, 6.45) is 5.23. The highest BCUT2D eigenvalue weighted by molar-refractivity contribution is 5.94. The third kappa shape index (κ3) is 5.33. The number of nitrogens with zero attached hydrogens (tertiary/aromatic N) is 3. The Bertz CT molecular complexity index is 973. The van der Waals surface area contributed by atoms with Crippen molar-refractivity contribution >= 4 is 5.91 Å². The van der Waals surface area contributed by atoms with E-state index in [1.165, 1.54) is 31.2 Å². The van der Waals surface area contributed by atoms with Crippen LogP contribution in [-0.4, -0.2) is 34.0 Å². The molecule has 1 fully saturated rings. The van der Waals surface area contributed by atoms with E-state index < -0.39 is 0 Å². The van der Waals surface area contributed by atoms with Gasteiger partial charge in [0.2, 0.25) is 11.7 Å². The minimum Gasteiger partial charge on any atom is -0.343 e. The number of carbonyl (C=O) groups is 1. The zero-order valence-electron chi connectivity index (χ0n) is 17.4. The van der Waals surface area contributed by atoms with E-state index in [4.69, 9.17) is 4.52 Å². The lowest BCUT2D eigenvalue weighted by Gasteiger charge is -2.19.